The number of benzene rings is 1. The summed E-state index contributed by atoms with van der Waals surface area (Å²) < 4.78 is 0. The summed E-state index contributed by atoms with van der Waals surface area (Å²) in [4.78, 5) is 26.1. The van der Waals surface area contributed by atoms with Gasteiger partial charge in [-0.2, -0.15) is 0 Å². The molecule has 0 aliphatic heterocycles. The van der Waals surface area contributed by atoms with Gasteiger partial charge in [0.05, 0.1) is 22.7 Å². The highest BCUT2D eigenvalue weighted by atomic mass is 16.6. The number of nitro groups is 1. The summed E-state index contributed by atoms with van der Waals surface area (Å²) in [6.45, 7) is 1.74. The van der Waals surface area contributed by atoms with E-state index in [1.165, 1.54) is 12.1 Å². The smallest absolute Gasteiger partial charge is 0.269 e. The third-order valence-corrected chi connectivity index (χ3v) is 2.93. The average Bonchev–Trinajstić information content (AvgIpc) is 2.47. The van der Waals surface area contributed by atoms with Gasteiger partial charge in [0.25, 0.3) is 5.69 Å². The fraction of sp³-hybridized carbons (Fsp3) is 0.143. The van der Waals surface area contributed by atoms with Crippen LogP contribution in [0.1, 0.15) is 18.4 Å². The first-order valence-electron chi connectivity index (χ1n) is 6.03. The van der Waals surface area contributed by atoms with Crippen molar-refractivity contribution in [3.63, 3.8) is 0 Å². The Labute approximate surface area is 115 Å². The molecule has 1 amide bonds. The van der Waals surface area contributed by atoms with Gasteiger partial charge in [0, 0.05) is 18.3 Å². The molecule has 102 valence electrons. The average molecular weight is 271 g/mol. The quantitative estimate of drug-likeness (QED) is 0.684. The van der Waals surface area contributed by atoms with Crippen molar-refractivity contribution in [3.05, 3.63) is 64.5 Å². The Hall–Kier alpha value is -2.76. The van der Waals surface area contributed by atoms with Gasteiger partial charge in [0.1, 0.15) is 0 Å². The molecule has 1 aromatic heterocycles. The number of rotatable bonds is 4. The van der Waals surface area contributed by atoms with Crippen LogP contribution in [0, 0.1) is 10.1 Å². The van der Waals surface area contributed by atoms with Crippen LogP contribution < -0.4 is 5.32 Å². The predicted octanol–water partition coefficient (Wildman–Crippen LogP) is 2.73. The zero-order valence-electron chi connectivity index (χ0n) is 10.8. The van der Waals surface area contributed by atoms with Gasteiger partial charge >= 0.3 is 0 Å². The van der Waals surface area contributed by atoms with E-state index in [9.17, 15) is 14.9 Å². The van der Waals surface area contributed by atoms with Crippen LogP contribution in [0.2, 0.25) is 0 Å². The minimum absolute atomic E-state index is 0.00798. The fourth-order valence-electron chi connectivity index (χ4n) is 1.72. The maximum atomic E-state index is 12.1. The van der Waals surface area contributed by atoms with Gasteiger partial charge < -0.3 is 5.32 Å². The normalized spacial score (nSPS) is 11.7. The van der Waals surface area contributed by atoms with Crippen molar-refractivity contribution in [1.29, 1.82) is 0 Å². The first kappa shape index (κ1) is 13.7. The maximum absolute atomic E-state index is 12.1. The predicted molar refractivity (Wildman–Crippen MR) is 74.4 cm³/mol. The summed E-state index contributed by atoms with van der Waals surface area (Å²) in [5.74, 6) is -0.595. The number of hydrogen-bond donors (Lipinski definition) is 1. The van der Waals surface area contributed by atoms with E-state index in [-0.39, 0.29) is 11.6 Å². The standard InChI is InChI=1S/C14H13N3O3/c1-10(11-4-6-13(7-5-11)17(19)20)14(18)16-12-3-2-8-15-9-12/h2-10H,1H3,(H,16,18)/t10-/m1/s1. The Morgan fingerprint density at radius 2 is 2.00 bits per heavy atom. The van der Waals surface area contributed by atoms with Crippen molar-refractivity contribution in [2.75, 3.05) is 5.32 Å². The van der Waals surface area contributed by atoms with Crippen molar-refractivity contribution in [1.82, 2.24) is 4.98 Å². The molecule has 0 aliphatic carbocycles. The largest absolute Gasteiger partial charge is 0.324 e. The Morgan fingerprint density at radius 3 is 2.55 bits per heavy atom. The first-order chi connectivity index (χ1) is 9.58. The number of aromatic nitrogens is 1. The summed E-state index contributed by atoms with van der Waals surface area (Å²) in [7, 11) is 0. The zero-order valence-corrected chi connectivity index (χ0v) is 10.8. The second-order valence-electron chi connectivity index (χ2n) is 4.30. The van der Waals surface area contributed by atoms with E-state index in [1.807, 2.05) is 0 Å². The van der Waals surface area contributed by atoms with Gasteiger partial charge in [0.2, 0.25) is 5.91 Å². The lowest BCUT2D eigenvalue weighted by Crippen LogP contribution is -2.18. The lowest BCUT2D eigenvalue weighted by Gasteiger charge is -2.12. The number of nitrogens with zero attached hydrogens (tertiary/aromatic N) is 2. The minimum atomic E-state index is -0.468. The van der Waals surface area contributed by atoms with Crippen LogP contribution in [0.3, 0.4) is 0 Å². The SMILES string of the molecule is C[C@@H](C(=O)Nc1cccnc1)c1ccc([N+](=O)[O-])cc1. The van der Waals surface area contributed by atoms with Crippen molar-refractivity contribution < 1.29 is 9.72 Å². The molecule has 1 N–H and O–H groups in total. The van der Waals surface area contributed by atoms with Crippen LogP contribution in [-0.2, 0) is 4.79 Å². The van der Waals surface area contributed by atoms with Crippen LogP contribution in [0.15, 0.2) is 48.8 Å². The highest BCUT2D eigenvalue weighted by Gasteiger charge is 2.16. The van der Waals surface area contributed by atoms with E-state index in [0.29, 0.717) is 5.69 Å². The lowest BCUT2D eigenvalue weighted by atomic mass is 10.00. The molecule has 1 aromatic carbocycles. The highest BCUT2D eigenvalue weighted by molar-refractivity contribution is 5.95. The second kappa shape index (κ2) is 5.92. The lowest BCUT2D eigenvalue weighted by molar-refractivity contribution is -0.384. The fourth-order valence-corrected chi connectivity index (χ4v) is 1.72. The summed E-state index contributed by atoms with van der Waals surface area (Å²) in [6, 6.07) is 9.43. The Morgan fingerprint density at radius 1 is 1.30 bits per heavy atom. The van der Waals surface area contributed by atoms with Gasteiger partial charge in [-0.05, 0) is 24.6 Å². The monoisotopic (exact) mass is 271 g/mol. The van der Waals surface area contributed by atoms with Crippen molar-refractivity contribution in [2.24, 2.45) is 0 Å². The molecule has 0 unspecified atom stereocenters. The summed E-state index contributed by atoms with van der Waals surface area (Å²) >= 11 is 0. The van der Waals surface area contributed by atoms with E-state index in [2.05, 4.69) is 10.3 Å². The van der Waals surface area contributed by atoms with Crippen LogP contribution in [0.4, 0.5) is 11.4 Å². The number of nitrogens with one attached hydrogen (secondary N) is 1. The summed E-state index contributed by atoms with van der Waals surface area (Å²) in [5, 5.41) is 13.3. The minimum Gasteiger partial charge on any atom is -0.324 e. The molecule has 0 spiro atoms. The molecule has 0 saturated carbocycles. The Bertz CT molecular complexity index is 611. The molecule has 6 nitrogen and oxygen atoms in total. The van der Waals surface area contributed by atoms with Gasteiger partial charge in [-0.1, -0.05) is 12.1 Å². The number of amides is 1. The molecule has 0 aliphatic rings. The molecule has 1 atom stereocenters. The van der Waals surface area contributed by atoms with Crippen molar-refractivity contribution in [3.8, 4) is 0 Å². The summed E-state index contributed by atoms with van der Waals surface area (Å²) in [5.41, 5.74) is 1.34. The highest BCUT2D eigenvalue weighted by Crippen LogP contribution is 2.20. The third-order valence-electron chi connectivity index (χ3n) is 2.93. The van der Waals surface area contributed by atoms with E-state index >= 15 is 0 Å². The molecule has 1 heterocycles. The molecule has 6 heteroatoms. The zero-order chi connectivity index (χ0) is 14.5. The molecular formula is C14H13N3O3. The van der Waals surface area contributed by atoms with Crippen LogP contribution in [0.5, 0.6) is 0 Å². The molecule has 0 fully saturated rings. The van der Waals surface area contributed by atoms with E-state index in [1.54, 1.807) is 43.6 Å². The van der Waals surface area contributed by atoms with Gasteiger partial charge in [-0.15, -0.1) is 0 Å². The third kappa shape index (κ3) is 3.17. The number of nitro benzene ring substituents is 1. The topological polar surface area (TPSA) is 85.1 Å². The summed E-state index contributed by atoms with van der Waals surface area (Å²) in [6.07, 6.45) is 3.18. The van der Waals surface area contributed by atoms with Crippen LogP contribution >= 0.6 is 0 Å². The van der Waals surface area contributed by atoms with Gasteiger partial charge in [0.15, 0.2) is 0 Å². The van der Waals surface area contributed by atoms with E-state index in [0.717, 1.165) is 5.56 Å². The van der Waals surface area contributed by atoms with Crippen molar-refractivity contribution >= 4 is 17.3 Å². The molecular weight excluding hydrogens is 258 g/mol. The molecule has 0 bridgehead atoms. The molecule has 20 heavy (non-hydrogen) atoms. The maximum Gasteiger partial charge on any atom is 0.269 e. The number of hydrogen-bond acceptors (Lipinski definition) is 4. The Balaban J connectivity index is 2.08. The Kier molecular flexibility index (Phi) is 4.05. The van der Waals surface area contributed by atoms with Gasteiger partial charge in [-0.25, -0.2) is 0 Å². The number of pyridine rings is 1. The van der Waals surface area contributed by atoms with Crippen LogP contribution in [0.25, 0.3) is 0 Å². The number of non-ortho nitro benzene ring substituents is 1. The molecule has 0 radical (unpaired) electrons. The van der Waals surface area contributed by atoms with Gasteiger partial charge in [-0.3, -0.25) is 19.9 Å². The number of anilines is 1. The van der Waals surface area contributed by atoms with E-state index in [4.69, 9.17) is 0 Å². The van der Waals surface area contributed by atoms with Crippen LogP contribution in [-0.4, -0.2) is 15.8 Å². The first-order valence-corrected chi connectivity index (χ1v) is 6.03. The molecule has 2 rings (SSSR count). The molecule has 2 aromatic rings. The van der Waals surface area contributed by atoms with Crippen molar-refractivity contribution in [2.45, 2.75) is 12.8 Å². The number of carbonyl (C=O) groups excluding carboxylic acids is 1. The van der Waals surface area contributed by atoms with E-state index < -0.39 is 10.8 Å². The molecule has 0 saturated heterocycles. The number of carbonyl (C=O) groups is 1. The second-order valence-corrected chi connectivity index (χ2v) is 4.30.